The highest BCUT2D eigenvalue weighted by Crippen LogP contribution is 2.40. The molecule has 0 aliphatic heterocycles. The average molecular weight is 298 g/mol. The number of para-hydroxylation sites is 1. The summed E-state index contributed by atoms with van der Waals surface area (Å²) in [5.41, 5.74) is 0.311. The number of alkyl halides is 1. The van der Waals surface area contributed by atoms with Crippen LogP contribution in [-0.2, 0) is 5.88 Å². The molecule has 0 spiro atoms. The molecule has 4 nitrogen and oxygen atoms in total. The zero-order valence-corrected chi connectivity index (χ0v) is 11.8. The lowest BCUT2D eigenvalue weighted by Gasteiger charge is -2.14. The van der Waals surface area contributed by atoms with E-state index in [4.69, 9.17) is 25.8 Å². The molecular formula is C14H13ClFNO3. The first-order valence-corrected chi connectivity index (χ1v) is 6.33. The average Bonchev–Trinajstić information content (AvgIpc) is 2.49. The number of aromatic nitrogens is 1. The fraction of sp³-hybridized carbons (Fsp3) is 0.214. The van der Waals surface area contributed by atoms with E-state index in [-0.39, 0.29) is 17.5 Å². The van der Waals surface area contributed by atoms with E-state index >= 15 is 0 Å². The summed E-state index contributed by atoms with van der Waals surface area (Å²) in [4.78, 5) is 3.87. The van der Waals surface area contributed by atoms with Crippen LogP contribution in [0.5, 0.6) is 23.1 Å². The van der Waals surface area contributed by atoms with Crippen LogP contribution < -0.4 is 14.2 Å². The summed E-state index contributed by atoms with van der Waals surface area (Å²) >= 11 is 5.65. The van der Waals surface area contributed by atoms with Crippen LogP contribution in [0.3, 0.4) is 0 Å². The largest absolute Gasteiger partial charge is 0.493 e. The lowest BCUT2D eigenvalue weighted by atomic mass is 10.2. The molecule has 0 N–H and O–H groups in total. The molecule has 2 aromatic rings. The highest BCUT2D eigenvalue weighted by Gasteiger charge is 2.17. The van der Waals surface area contributed by atoms with Gasteiger partial charge < -0.3 is 14.2 Å². The summed E-state index contributed by atoms with van der Waals surface area (Å²) in [7, 11) is 2.97. The van der Waals surface area contributed by atoms with Gasteiger partial charge in [0, 0.05) is 11.8 Å². The van der Waals surface area contributed by atoms with Crippen LogP contribution in [-0.4, -0.2) is 19.2 Å². The molecule has 2 rings (SSSR count). The van der Waals surface area contributed by atoms with E-state index in [9.17, 15) is 4.39 Å². The molecule has 0 saturated carbocycles. The third-order valence-electron chi connectivity index (χ3n) is 2.66. The van der Waals surface area contributed by atoms with Crippen molar-refractivity contribution in [3.63, 3.8) is 0 Å². The Balaban J connectivity index is 2.44. The lowest BCUT2D eigenvalue weighted by Crippen LogP contribution is -1.99. The van der Waals surface area contributed by atoms with Gasteiger partial charge in [0.15, 0.2) is 17.3 Å². The monoisotopic (exact) mass is 297 g/mol. The van der Waals surface area contributed by atoms with Gasteiger partial charge in [-0.05, 0) is 18.2 Å². The first kappa shape index (κ1) is 14.4. The Labute approximate surface area is 121 Å². The zero-order chi connectivity index (χ0) is 14.5. The van der Waals surface area contributed by atoms with E-state index in [1.165, 1.54) is 26.5 Å². The Morgan fingerprint density at radius 3 is 2.35 bits per heavy atom. The summed E-state index contributed by atoms with van der Waals surface area (Å²) in [6, 6.07) is 6.60. The van der Waals surface area contributed by atoms with Gasteiger partial charge in [-0.25, -0.2) is 9.37 Å². The summed E-state index contributed by atoms with van der Waals surface area (Å²) in [6.45, 7) is 0. The van der Waals surface area contributed by atoms with Crippen molar-refractivity contribution in [1.82, 2.24) is 4.98 Å². The van der Waals surface area contributed by atoms with Crippen molar-refractivity contribution < 1.29 is 18.6 Å². The van der Waals surface area contributed by atoms with Gasteiger partial charge >= 0.3 is 0 Å². The van der Waals surface area contributed by atoms with E-state index in [1.54, 1.807) is 18.2 Å². The Morgan fingerprint density at radius 1 is 1.15 bits per heavy atom. The van der Waals surface area contributed by atoms with Crippen molar-refractivity contribution in [3.8, 4) is 23.1 Å². The molecule has 0 amide bonds. The fourth-order valence-electron chi connectivity index (χ4n) is 1.65. The number of rotatable bonds is 5. The van der Waals surface area contributed by atoms with Gasteiger partial charge in [-0.1, -0.05) is 6.07 Å². The van der Waals surface area contributed by atoms with Crippen molar-refractivity contribution in [2.24, 2.45) is 0 Å². The minimum absolute atomic E-state index is 0.0355. The summed E-state index contributed by atoms with van der Waals surface area (Å²) < 4.78 is 29.9. The van der Waals surface area contributed by atoms with E-state index < -0.39 is 5.82 Å². The van der Waals surface area contributed by atoms with Crippen LogP contribution in [0.4, 0.5) is 4.39 Å². The number of methoxy groups -OCH3 is 2. The standard InChI is InChI=1S/C14H13ClFNO3/c1-18-10-4-3-5-11(19-2)13(10)20-14-12(16)9(8-15)6-7-17-14/h3-7H,8H2,1-2H3. The Bertz CT molecular complexity index is 585. The molecule has 1 heterocycles. The minimum Gasteiger partial charge on any atom is -0.493 e. The molecule has 0 aliphatic carbocycles. The van der Waals surface area contributed by atoms with Gasteiger partial charge in [-0.3, -0.25) is 0 Å². The SMILES string of the molecule is COc1cccc(OC)c1Oc1nccc(CCl)c1F. The Morgan fingerprint density at radius 2 is 1.80 bits per heavy atom. The smallest absolute Gasteiger partial charge is 0.256 e. The van der Waals surface area contributed by atoms with E-state index in [0.717, 1.165) is 0 Å². The second kappa shape index (κ2) is 6.43. The number of halogens is 2. The molecule has 20 heavy (non-hydrogen) atoms. The molecule has 106 valence electrons. The number of nitrogens with zero attached hydrogens (tertiary/aromatic N) is 1. The van der Waals surface area contributed by atoms with Crippen LogP contribution in [0, 0.1) is 5.82 Å². The number of hydrogen-bond donors (Lipinski definition) is 0. The molecular weight excluding hydrogens is 285 g/mol. The van der Waals surface area contributed by atoms with Gasteiger partial charge in [-0.15, -0.1) is 11.6 Å². The summed E-state index contributed by atoms with van der Waals surface area (Å²) in [5, 5.41) is 0. The van der Waals surface area contributed by atoms with Crippen LogP contribution in [0.15, 0.2) is 30.5 Å². The van der Waals surface area contributed by atoms with Gasteiger partial charge in [0.25, 0.3) is 5.88 Å². The minimum atomic E-state index is -0.601. The molecule has 0 fully saturated rings. The van der Waals surface area contributed by atoms with Crippen molar-refractivity contribution in [1.29, 1.82) is 0 Å². The molecule has 1 aromatic heterocycles. The summed E-state index contributed by atoms with van der Waals surface area (Å²) in [5.74, 6) is 0.356. The Kier molecular flexibility index (Phi) is 4.63. The van der Waals surface area contributed by atoms with Gasteiger partial charge in [0.2, 0.25) is 5.75 Å². The van der Waals surface area contributed by atoms with Gasteiger partial charge in [0.1, 0.15) is 0 Å². The topological polar surface area (TPSA) is 40.6 Å². The van der Waals surface area contributed by atoms with E-state index in [2.05, 4.69) is 4.98 Å². The first-order valence-electron chi connectivity index (χ1n) is 5.79. The third kappa shape index (κ3) is 2.77. The van der Waals surface area contributed by atoms with Crippen LogP contribution in [0.1, 0.15) is 5.56 Å². The number of benzene rings is 1. The second-order valence-corrected chi connectivity index (χ2v) is 4.08. The molecule has 0 saturated heterocycles. The maximum absolute atomic E-state index is 14.1. The molecule has 1 aromatic carbocycles. The fourth-order valence-corrected chi connectivity index (χ4v) is 1.86. The molecule has 0 atom stereocenters. The predicted molar refractivity (Wildman–Crippen MR) is 73.4 cm³/mol. The zero-order valence-electron chi connectivity index (χ0n) is 11.0. The number of pyridine rings is 1. The second-order valence-electron chi connectivity index (χ2n) is 3.82. The van der Waals surface area contributed by atoms with Crippen molar-refractivity contribution in [2.45, 2.75) is 5.88 Å². The third-order valence-corrected chi connectivity index (χ3v) is 2.95. The van der Waals surface area contributed by atoms with Gasteiger partial charge in [-0.2, -0.15) is 0 Å². The molecule has 0 radical (unpaired) electrons. The highest BCUT2D eigenvalue weighted by atomic mass is 35.5. The van der Waals surface area contributed by atoms with Crippen LogP contribution in [0.25, 0.3) is 0 Å². The van der Waals surface area contributed by atoms with E-state index in [0.29, 0.717) is 17.1 Å². The van der Waals surface area contributed by atoms with Gasteiger partial charge in [0.05, 0.1) is 20.1 Å². The maximum atomic E-state index is 14.1. The highest BCUT2D eigenvalue weighted by molar-refractivity contribution is 6.17. The molecule has 0 unspecified atom stereocenters. The number of hydrogen-bond acceptors (Lipinski definition) is 4. The summed E-state index contributed by atoms with van der Waals surface area (Å²) in [6.07, 6.45) is 1.43. The van der Waals surface area contributed by atoms with Crippen LogP contribution in [0.2, 0.25) is 0 Å². The quantitative estimate of drug-likeness (QED) is 0.788. The molecule has 6 heteroatoms. The van der Waals surface area contributed by atoms with Crippen LogP contribution >= 0.6 is 11.6 Å². The number of ether oxygens (including phenoxy) is 3. The normalized spacial score (nSPS) is 10.2. The van der Waals surface area contributed by atoms with E-state index in [1.807, 2.05) is 0 Å². The van der Waals surface area contributed by atoms with Crippen molar-refractivity contribution >= 4 is 11.6 Å². The first-order chi connectivity index (χ1) is 9.71. The molecule has 0 bridgehead atoms. The molecule has 0 aliphatic rings. The lowest BCUT2D eigenvalue weighted by molar-refractivity contribution is 0.333. The van der Waals surface area contributed by atoms with Crippen molar-refractivity contribution in [2.75, 3.05) is 14.2 Å². The maximum Gasteiger partial charge on any atom is 0.256 e. The predicted octanol–water partition coefficient (Wildman–Crippen LogP) is 3.77. The Hall–Kier alpha value is -2.01. The van der Waals surface area contributed by atoms with Crippen molar-refractivity contribution in [3.05, 3.63) is 41.8 Å².